The molecule has 0 unspecified atom stereocenters. The largest absolute Gasteiger partial charge is 0.504 e. The number of aromatic hydroxyl groups is 1. The molecule has 7 nitrogen and oxygen atoms in total. The normalized spacial score (nSPS) is 16.5. The van der Waals surface area contributed by atoms with Crippen LogP contribution in [0.25, 0.3) is 0 Å². The van der Waals surface area contributed by atoms with Crippen molar-refractivity contribution in [2.75, 3.05) is 30.4 Å². The third kappa shape index (κ3) is 4.03. The van der Waals surface area contributed by atoms with E-state index in [1.165, 1.54) is 13.2 Å². The highest BCUT2D eigenvalue weighted by molar-refractivity contribution is 6.09. The summed E-state index contributed by atoms with van der Waals surface area (Å²) in [5.74, 6) is -0.552. The maximum absolute atomic E-state index is 12.8. The van der Waals surface area contributed by atoms with Gasteiger partial charge in [0.2, 0.25) is 5.91 Å². The van der Waals surface area contributed by atoms with E-state index in [1.807, 2.05) is 0 Å². The highest BCUT2D eigenvalue weighted by atomic mass is 16.5. The van der Waals surface area contributed by atoms with Crippen LogP contribution in [0.4, 0.5) is 11.4 Å². The molecule has 1 aliphatic heterocycles. The summed E-state index contributed by atoms with van der Waals surface area (Å²) < 4.78 is 5.07. The van der Waals surface area contributed by atoms with Crippen LogP contribution in [0.1, 0.15) is 40.5 Å². The van der Waals surface area contributed by atoms with Crippen LogP contribution in [-0.2, 0) is 0 Å². The van der Waals surface area contributed by atoms with E-state index >= 15 is 0 Å². The standard InChI is InChI=1S/C21H25N3O4/c1-13-5-4-10-24(12-13)17-9-8-14(20(22)26)11-16(17)23-21(27)15-6-3-7-18(28-2)19(15)25/h3,6-9,11,13,25H,4-5,10,12H2,1-2H3,(H2,22,26)(H,23,27)/t13-/m0/s1. The monoisotopic (exact) mass is 383 g/mol. The summed E-state index contributed by atoms with van der Waals surface area (Å²) in [5.41, 5.74) is 7.12. The number of hydrogen-bond acceptors (Lipinski definition) is 5. The number of benzene rings is 2. The Kier molecular flexibility index (Phi) is 5.73. The summed E-state index contributed by atoms with van der Waals surface area (Å²) in [6.45, 7) is 3.92. The van der Waals surface area contributed by atoms with Gasteiger partial charge in [0, 0.05) is 18.7 Å². The number of anilines is 2. The number of carbonyl (C=O) groups is 2. The van der Waals surface area contributed by atoms with Crippen molar-refractivity contribution in [3.63, 3.8) is 0 Å². The number of hydrogen-bond donors (Lipinski definition) is 3. The van der Waals surface area contributed by atoms with Crippen molar-refractivity contribution in [3.8, 4) is 11.5 Å². The number of amides is 2. The SMILES string of the molecule is COc1cccc(C(=O)Nc2cc(C(N)=O)ccc2N2CCC[C@H](C)C2)c1O. The van der Waals surface area contributed by atoms with E-state index in [-0.39, 0.29) is 17.1 Å². The minimum absolute atomic E-state index is 0.0850. The average molecular weight is 383 g/mol. The molecule has 0 aliphatic carbocycles. The minimum atomic E-state index is -0.571. The molecule has 0 bridgehead atoms. The Hall–Kier alpha value is -3.22. The lowest BCUT2D eigenvalue weighted by Gasteiger charge is -2.34. The Morgan fingerprint density at radius 2 is 2.07 bits per heavy atom. The van der Waals surface area contributed by atoms with E-state index < -0.39 is 11.8 Å². The number of para-hydroxylation sites is 1. The molecule has 0 radical (unpaired) electrons. The van der Waals surface area contributed by atoms with Crippen molar-refractivity contribution in [1.29, 1.82) is 0 Å². The molecule has 1 aliphatic rings. The van der Waals surface area contributed by atoms with Gasteiger partial charge in [-0.05, 0) is 49.1 Å². The fourth-order valence-corrected chi connectivity index (χ4v) is 3.53. The fourth-order valence-electron chi connectivity index (χ4n) is 3.53. The molecule has 2 aromatic carbocycles. The summed E-state index contributed by atoms with van der Waals surface area (Å²) >= 11 is 0. The van der Waals surface area contributed by atoms with Crippen molar-refractivity contribution < 1.29 is 19.4 Å². The van der Waals surface area contributed by atoms with Crippen LogP contribution in [0.2, 0.25) is 0 Å². The number of nitrogens with zero attached hydrogens (tertiary/aromatic N) is 1. The van der Waals surface area contributed by atoms with Gasteiger partial charge in [0.25, 0.3) is 5.91 Å². The second kappa shape index (κ2) is 8.21. The predicted molar refractivity (Wildman–Crippen MR) is 108 cm³/mol. The van der Waals surface area contributed by atoms with Gasteiger partial charge in [0.05, 0.1) is 24.0 Å². The fraction of sp³-hybridized carbons (Fsp3) is 0.333. The summed E-state index contributed by atoms with van der Waals surface area (Å²) in [6, 6.07) is 9.75. The zero-order chi connectivity index (χ0) is 20.3. The predicted octanol–water partition coefficient (Wildman–Crippen LogP) is 2.99. The number of phenols is 1. The molecule has 148 valence electrons. The molecule has 1 saturated heterocycles. The Morgan fingerprint density at radius 1 is 1.29 bits per heavy atom. The molecular formula is C21H25N3O4. The van der Waals surface area contributed by atoms with Crippen LogP contribution >= 0.6 is 0 Å². The smallest absolute Gasteiger partial charge is 0.259 e. The Labute approximate surface area is 164 Å². The third-order valence-electron chi connectivity index (χ3n) is 4.99. The molecule has 0 saturated carbocycles. The average Bonchev–Trinajstić information content (AvgIpc) is 2.68. The number of piperidine rings is 1. The Morgan fingerprint density at radius 3 is 2.75 bits per heavy atom. The molecule has 7 heteroatoms. The van der Waals surface area contributed by atoms with Crippen LogP contribution in [0.3, 0.4) is 0 Å². The van der Waals surface area contributed by atoms with Crippen LogP contribution in [0, 0.1) is 5.92 Å². The Bertz CT molecular complexity index is 897. The van der Waals surface area contributed by atoms with E-state index in [9.17, 15) is 14.7 Å². The molecule has 28 heavy (non-hydrogen) atoms. The number of nitrogens with two attached hydrogens (primary N) is 1. The van der Waals surface area contributed by atoms with Gasteiger partial charge in [-0.1, -0.05) is 13.0 Å². The maximum atomic E-state index is 12.8. The van der Waals surface area contributed by atoms with Crippen molar-refractivity contribution in [2.24, 2.45) is 11.7 Å². The molecule has 3 rings (SSSR count). The van der Waals surface area contributed by atoms with Crippen LogP contribution in [0.5, 0.6) is 11.5 Å². The molecular weight excluding hydrogens is 358 g/mol. The van der Waals surface area contributed by atoms with E-state index in [1.54, 1.807) is 30.3 Å². The summed E-state index contributed by atoms with van der Waals surface area (Å²) in [7, 11) is 1.42. The van der Waals surface area contributed by atoms with Crippen molar-refractivity contribution >= 4 is 23.2 Å². The lowest BCUT2D eigenvalue weighted by atomic mass is 9.99. The highest BCUT2D eigenvalue weighted by Gasteiger charge is 2.22. The van der Waals surface area contributed by atoms with Crippen LogP contribution in [-0.4, -0.2) is 37.1 Å². The first-order chi connectivity index (χ1) is 13.4. The lowest BCUT2D eigenvalue weighted by Crippen LogP contribution is -2.35. The number of phenolic OH excluding ortho intramolecular Hbond substituents is 1. The molecule has 0 aromatic heterocycles. The van der Waals surface area contributed by atoms with Crippen molar-refractivity contribution in [2.45, 2.75) is 19.8 Å². The van der Waals surface area contributed by atoms with Crippen molar-refractivity contribution in [1.82, 2.24) is 0 Å². The van der Waals surface area contributed by atoms with Gasteiger partial charge in [0.1, 0.15) is 0 Å². The second-order valence-corrected chi connectivity index (χ2v) is 7.10. The third-order valence-corrected chi connectivity index (χ3v) is 4.99. The number of primary amides is 1. The maximum Gasteiger partial charge on any atom is 0.259 e. The number of ether oxygens (including phenoxy) is 1. The molecule has 0 spiro atoms. The number of methoxy groups -OCH3 is 1. The van der Waals surface area contributed by atoms with Gasteiger partial charge in [-0.2, -0.15) is 0 Å². The van der Waals surface area contributed by atoms with E-state index in [4.69, 9.17) is 10.5 Å². The summed E-state index contributed by atoms with van der Waals surface area (Å²) in [4.78, 5) is 26.6. The molecule has 2 amide bonds. The van der Waals surface area contributed by atoms with Gasteiger partial charge in [-0.25, -0.2) is 0 Å². The second-order valence-electron chi connectivity index (χ2n) is 7.10. The molecule has 1 fully saturated rings. The zero-order valence-electron chi connectivity index (χ0n) is 16.1. The van der Waals surface area contributed by atoms with E-state index in [2.05, 4.69) is 17.1 Å². The van der Waals surface area contributed by atoms with E-state index in [0.717, 1.165) is 31.6 Å². The number of rotatable bonds is 5. The van der Waals surface area contributed by atoms with E-state index in [0.29, 0.717) is 17.2 Å². The first-order valence-electron chi connectivity index (χ1n) is 9.26. The first kappa shape index (κ1) is 19.5. The van der Waals surface area contributed by atoms with Gasteiger partial charge in [0.15, 0.2) is 11.5 Å². The molecule has 2 aromatic rings. The van der Waals surface area contributed by atoms with Crippen LogP contribution in [0.15, 0.2) is 36.4 Å². The quantitative estimate of drug-likeness (QED) is 0.736. The Balaban J connectivity index is 1.96. The van der Waals surface area contributed by atoms with Crippen LogP contribution < -0.4 is 20.7 Å². The summed E-state index contributed by atoms with van der Waals surface area (Å²) in [6.07, 6.45) is 2.22. The molecule has 1 atom stereocenters. The minimum Gasteiger partial charge on any atom is -0.504 e. The van der Waals surface area contributed by atoms with Gasteiger partial charge in [-0.15, -0.1) is 0 Å². The van der Waals surface area contributed by atoms with Gasteiger partial charge < -0.3 is 25.8 Å². The lowest BCUT2D eigenvalue weighted by molar-refractivity contribution is 0.0995. The molecule has 1 heterocycles. The zero-order valence-corrected chi connectivity index (χ0v) is 16.1. The topological polar surface area (TPSA) is 105 Å². The molecule has 4 N–H and O–H groups in total. The number of nitrogens with one attached hydrogen (secondary N) is 1. The van der Waals surface area contributed by atoms with Gasteiger partial charge >= 0.3 is 0 Å². The first-order valence-corrected chi connectivity index (χ1v) is 9.26. The van der Waals surface area contributed by atoms with Crippen molar-refractivity contribution in [3.05, 3.63) is 47.5 Å². The van der Waals surface area contributed by atoms with Gasteiger partial charge in [-0.3, -0.25) is 9.59 Å². The summed E-state index contributed by atoms with van der Waals surface area (Å²) in [5, 5.41) is 13.1. The number of carbonyl (C=O) groups excluding carboxylic acids is 2. The highest BCUT2D eigenvalue weighted by Crippen LogP contribution is 2.33.